The maximum Gasteiger partial charge on any atom is 0.185 e. The minimum atomic E-state index is -1.66. The molecule has 1 aromatic rings. The zero-order chi connectivity index (χ0) is 13.8. The highest BCUT2D eigenvalue weighted by atomic mass is 80.0. The van der Waals surface area contributed by atoms with E-state index in [9.17, 15) is 0 Å². The van der Waals surface area contributed by atoms with Crippen molar-refractivity contribution in [3.05, 3.63) is 35.9 Å². The van der Waals surface area contributed by atoms with Crippen LogP contribution in [0.5, 0.6) is 0 Å². The molecule has 1 atom stereocenters. The maximum atomic E-state index is 6.05. The Labute approximate surface area is 135 Å². The predicted molar refractivity (Wildman–Crippen MR) is 91.1 cm³/mol. The van der Waals surface area contributed by atoms with Gasteiger partial charge >= 0.3 is 0 Å². The van der Waals surface area contributed by atoms with Gasteiger partial charge in [-0.2, -0.15) is 0 Å². The first-order valence-electron chi connectivity index (χ1n) is 5.49. The van der Waals surface area contributed by atoms with Gasteiger partial charge in [0.25, 0.3) is 0 Å². The number of halogens is 3. The minimum absolute atomic E-state index is 0.260. The normalized spacial score (nSPS) is 13.7. The number of hydrogen-bond donors (Lipinski definition) is 0. The minimum Gasteiger partial charge on any atom is -0.401 e. The first-order valence-corrected chi connectivity index (χ1v) is 11.3. The molecule has 1 rings (SSSR count). The van der Waals surface area contributed by atoms with Gasteiger partial charge < -0.3 is 4.43 Å². The van der Waals surface area contributed by atoms with E-state index in [0.717, 1.165) is 5.56 Å². The molecule has 0 N–H and O–H groups in total. The molecule has 0 fully saturated rings. The van der Waals surface area contributed by atoms with Crippen molar-refractivity contribution < 1.29 is 4.43 Å². The summed E-state index contributed by atoms with van der Waals surface area (Å²) in [7, 11) is -1.66. The Bertz CT molecular complexity index is 437. The van der Waals surface area contributed by atoms with Gasteiger partial charge in [0.05, 0.1) is 0 Å². The van der Waals surface area contributed by atoms with Crippen LogP contribution in [0.15, 0.2) is 30.3 Å². The lowest BCUT2D eigenvalue weighted by Crippen LogP contribution is -2.37. The summed E-state index contributed by atoms with van der Waals surface area (Å²) in [4.78, 5) is 0. The molecule has 0 unspecified atom stereocenters. The average Bonchev–Trinajstić information content (AvgIpc) is 2.22. The SMILES string of the molecule is C[Si](C)(C)O[C@H](C#Cc1ccccc1)C(Br)(Br)Br. The molecule has 0 bridgehead atoms. The molecule has 0 aliphatic heterocycles. The van der Waals surface area contributed by atoms with Crippen LogP contribution in [-0.4, -0.2) is 16.6 Å². The van der Waals surface area contributed by atoms with E-state index in [-0.39, 0.29) is 6.10 Å². The Morgan fingerprint density at radius 2 is 1.67 bits per heavy atom. The smallest absolute Gasteiger partial charge is 0.185 e. The van der Waals surface area contributed by atoms with Gasteiger partial charge in [0.2, 0.25) is 0 Å². The highest BCUT2D eigenvalue weighted by molar-refractivity contribution is 9.39. The first kappa shape index (κ1) is 16.5. The van der Waals surface area contributed by atoms with Crippen LogP contribution in [0.3, 0.4) is 0 Å². The van der Waals surface area contributed by atoms with E-state index in [4.69, 9.17) is 4.43 Å². The van der Waals surface area contributed by atoms with E-state index in [1.807, 2.05) is 30.3 Å². The Kier molecular flexibility index (Phi) is 6.14. The summed E-state index contributed by atoms with van der Waals surface area (Å²) in [6.07, 6.45) is -0.260. The number of benzene rings is 1. The van der Waals surface area contributed by atoms with Gasteiger partial charge in [-0.25, -0.2) is 0 Å². The van der Waals surface area contributed by atoms with Crippen molar-refractivity contribution in [2.45, 2.75) is 27.9 Å². The van der Waals surface area contributed by atoms with Gasteiger partial charge in [0.1, 0.15) is 6.10 Å². The molecule has 0 heterocycles. The number of hydrogen-bond acceptors (Lipinski definition) is 1. The predicted octanol–water partition coefficient (Wildman–Crippen LogP) is 5.10. The molecule has 5 heteroatoms. The van der Waals surface area contributed by atoms with Gasteiger partial charge in [-0.15, -0.1) is 0 Å². The largest absolute Gasteiger partial charge is 0.401 e. The van der Waals surface area contributed by atoms with Crippen LogP contribution in [0, 0.1) is 11.8 Å². The molecular formula is C13H15Br3OSi. The maximum absolute atomic E-state index is 6.05. The summed E-state index contributed by atoms with van der Waals surface area (Å²) >= 11 is 10.5. The lowest BCUT2D eigenvalue weighted by molar-refractivity contribution is 0.266. The quantitative estimate of drug-likeness (QED) is 0.343. The molecule has 0 radical (unpaired) electrons. The Morgan fingerprint density at radius 3 is 2.11 bits per heavy atom. The molecule has 0 amide bonds. The third kappa shape index (κ3) is 6.53. The molecular weight excluding hydrogens is 440 g/mol. The summed E-state index contributed by atoms with van der Waals surface area (Å²) in [6, 6.07) is 9.89. The molecule has 1 nitrogen and oxygen atoms in total. The highest BCUT2D eigenvalue weighted by Gasteiger charge is 2.34. The van der Waals surface area contributed by atoms with E-state index in [0.29, 0.717) is 0 Å². The van der Waals surface area contributed by atoms with Crippen molar-refractivity contribution in [3.63, 3.8) is 0 Å². The number of alkyl halides is 3. The Hall–Kier alpha value is 0.397. The van der Waals surface area contributed by atoms with E-state index in [1.165, 1.54) is 0 Å². The third-order valence-electron chi connectivity index (χ3n) is 1.89. The molecule has 98 valence electrons. The highest BCUT2D eigenvalue weighted by Crippen LogP contribution is 2.39. The van der Waals surface area contributed by atoms with Crippen LogP contribution in [0.1, 0.15) is 5.56 Å². The summed E-state index contributed by atoms with van der Waals surface area (Å²) in [6.45, 7) is 6.43. The summed E-state index contributed by atoms with van der Waals surface area (Å²) in [5.74, 6) is 6.29. The van der Waals surface area contributed by atoms with Crippen LogP contribution in [-0.2, 0) is 4.43 Å². The molecule has 0 aliphatic rings. The van der Waals surface area contributed by atoms with Crippen molar-refractivity contribution in [3.8, 4) is 11.8 Å². The second-order valence-corrected chi connectivity index (χ2v) is 16.2. The van der Waals surface area contributed by atoms with Crippen LogP contribution in [0.2, 0.25) is 19.6 Å². The van der Waals surface area contributed by atoms with Crippen molar-refractivity contribution in [1.82, 2.24) is 0 Å². The van der Waals surface area contributed by atoms with Gasteiger partial charge in [-0.3, -0.25) is 0 Å². The van der Waals surface area contributed by atoms with Gasteiger partial charge in [-0.05, 0) is 31.8 Å². The Balaban J connectivity index is 2.90. The number of rotatable bonds is 2. The van der Waals surface area contributed by atoms with Gasteiger partial charge in [0.15, 0.2) is 10.5 Å². The van der Waals surface area contributed by atoms with Crippen LogP contribution in [0.4, 0.5) is 0 Å². The first-order chi connectivity index (χ1) is 8.18. The van der Waals surface area contributed by atoms with Crippen molar-refractivity contribution in [2.24, 2.45) is 0 Å². The fourth-order valence-corrected chi connectivity index (χ4v) is 3.29. The topological polar surface area (TPSA) is 9.23 Å². The monoisotopic (exact) mass is 452 g/mol. The fourth-order valence-electron chi connectivity index (χ4n) is 1.20. The molecule has 0 saturated heterocycles. The molecule has 0 spiro atoms. The van der Waals surface area contributed by atoms with Crippen molar-refractivity contribution >= 4 is 56.1 Å². The van der Waals surface area contributed by atoms with Gasteiger partial charge in [-0.1, -0.05) is 77.8 Å². The lowest BCUT2D eigenvalue weighted by atomic mass is 10.2. The molecule has 0 saturated carbocycles. The molecule has 18 heavy (non-hydrogen) atoms. The second-order valence-electron chi connectivity index (χ2n) is 4.79. The van der Waals surface area contributed by atoms with Crippen LogP contribution < -0.4 is 0 Å². The van der Waals surface area contributed by atoms with E-state index in [2.05, 4.69) is 79.3 Å². The van der Waals surface area contributed by atoms with Gasteiger partial charge in [0, 0.05) is 5.56 Å². The van der Waals surface area contributed by atoms with Crippen LogP contribution in [0.25, 0.3) is 0 Å². The Morgan fingerprint density at radius 1 is 1.11 bits per heavy atom. The van der Waals surface area contributed by atoms with Crippen molar-refractivity contribution in [1.29, 1.82) is 0 Å². The fraction of sp³-hybridized carbons (Fsp3) is 0.385. The zero-order valence-electron chi connectivity index (χ0n) is 10.5. The van der Waals surface area contributed by atoms with E-state index >= 15 is 0 Å². The summed E-state index contributed by atoms with van der Waals surface area (Å²) in [5, 5.41) is 0. The molecule has 1 aromatic carbocycles. The van der Waals surface area contributed by atoms with E-state index in [1.54, 1.807) is 0 Å². The lowest BCUT2D eigenvalue weighted by Gasteiger charge is -2.28. The molecule has 0 aromatic heterocycles. The standard InChI is InChI=1S/C13H15Br3OSi/c1-18(2,3)17-12(13(14,15)16)10-9-11-7-5-4-6-8-11/h4-8,12H,1-3H3/t12-/m1/s1. The zero-order valence-corrected chi connectivity index (χ0v) is 16.3. The summed E-state index contributed by atoms with van der Waals surface area (Å²) < 4.78 is 5.53. The average molecular weight is 455 g/mol. The second kappa shape index (κ2) is 6.71. The van der Waals surface area contributed by atoms with Crippen LogP contribution >= 0.6 is 47.8 Å². The third-order valence-corrected chi connectivity index (χ3v) is 4.08. The molecule has 0 aliphatic carbocycles. The van der Waals surface area contributed by atoms with Crippen molar-refractivity contribution in [2.75, 3.05) is 0 Å². The van der Waals surface area contributed by atoms with E-state index < -0.39 is 10.5 Å². The summed E-state index contributed by atoms with van der Waals surface area (Å²) in [5.41, 5.74) is 0.985.